The first-order valence-electron chi connectivity index (χ1n) is 12.4. The Morgan fingerprint density at radius 1 is 0.380 bits per heavy atom. The molecule has 0 aliphatic heterocycles. The normalized spacial score (nSPS) is 12.3. The summed E-state index contributed by atoms with van der Waals surface area (Å²) in [5.41, 5.74) is -12.8. The Bertz CT molecular complexity index is 1680. The number of alkyl halides is 12. The zero-order valence-electron chi connectivity index (χ0n) is 23.9. The van der Waals surface area contributed by atoms with Gasteiger partial charge in [0.1, 0.15) is 0 Å². The van der Waals surface area contributed by atoms with Gasteiger partial charge in [0.15, 0.2) is 34.5 Å². The summed E-state index contributed by atoms with van der Waals surface area (Å²) in [5, 5.41) is 0. The number of hydrogen-bond acceptors (Lipinski definition) is 6. The third-order valence-corrected chi connectivity index (χ3v) is 11.3. The van der Waals surface area contributed by atoms with E-state index in [1.165, 1.54) is 31.4 Å². The molecule has 22 heteroatoms. The summed E-state index contributed by atoms with van der Waals surface area (Å²) in [4.78, 5) is 0. The average molecular weight is 996 g/mol. The topological polar surface area (TPSA) is 114 Å². The van der Waals surface area contributed by atoms with Crippen molar-refractivity contribution < 1.29 is 121 Å². The highest BCUT2D eigenvalue weighted by atomic mass is 127. The number of halogens is 14. The summed E-state index contributed by atoms with van der Waals surface area (Å²) in [6, 6.07) is 30.8. The van der Waals surface area contributed by atoms with Crippen molar-refractivity contribution in [3.8, 4) is 0 Å². The molecule has 0 saturated carbocycles. The highest BCUT2D eigenvalue weighted by Gasteiger charge is 2.37. The monoisotopic (exact) mass is 996 g/mol. The second kappa shape index (κ2) is 18.7. The van der Waals surface area contributed by atoms with Crippen molar-refractivity contribution in [3.63, 3.8) is 0 Å². The number of hydrogen-bond donors (Lipinski definition) is 0. The lowest BCUT2D eigenvalue weighted by Crippen LogP contribution is -3.61. The van der Waals surface area contributed by atoms with Gasteiger partial charge in [0.05, 0.1) is 11.1 Å². The van der Waals surface area contributed by atoms with E-state index in [0.717, 1.165) is 24.3 Å². The van der Waals surface area contributed by atoms with Gasteiger partial charge >= 0.3 is 65.8 Å². The van der Waals surface area contributed by atoms with Crippen molar-refractivity contribution in [1.29, 1.82) is 0 Å². The second-order valence-corrected chi connectivity index (χ2v) is 17.4. The van der Waals surface area contributed by atoms with Crippen LogP contribution in [0.3, 0.4) is 0 Å². The smallest absolute Gasteiger partial charge is 0.485 e. The van der Waals surface area contributed by atoms with Crippen LogP contribution in [0.1, 0.15) is 11.1 Å². The van der Waals surface area contributed by atoms with Crippen LogP contribution < -0.4 is 42.4 Å². The van der Waals surface area contributed by atoms with Crippen molar-refractivity contribution >= 4 is 20.2 Å². The van der Waals surface area contributed by atoms with Gasteiger partial charge in [-0.15, -0.1) is 0 Å². The van der Waals surface area contributed by atoms with Crippen LogP contribution in [0, 0.1) is 14.3 Å². The molecule has 0 heterocycles. The summed E-state index contributed by atoms with van der Waals surface area (Å²) in [6.45, 7) is 0. The molecule has 0 fully saturated rings. The summed E-state index contributed by atoms with van der Waals surface area (Å²) < 4.78 is 197. The van der Waals surface area contributed by atoms with Crippen molar-refractivity contribution in [3.05, 3.63) is 135 Å². The van der Waals surface area contributed by atoms with Crippen LogP contribution in [0.25, 0.3) is 0 Å². The predicted octanol–water partition coefficient (Wildman–Crippen LogP) is 1.77. The highest BCUT2D eigenvalue weighted by Crippen LogP contribution is 2.29. The maximum atomic E-state index is 12.4. The fourth-order valence-corrected chi connectivity index (χ4v) is 7.04. The Hall–Kier alpha value is -2.68. The van der Waals surface area contributed by atoms with Crippen molar-refractivity contribution in [2.75, 3.05) is 0 Å². The SMILES string of the molecule is FC(F)(F)c1ccc([I+]c2ccc(C(F)(F)F)cc2)cc1.O=S(=O)([O-])C(F)(F)F.O=S(=O)([O-])C(F)(F)F.c1ccc([I+]c2ccccc2)cc1. The molecule has 0 saturated heterocycles. The van der Waals surface area contributed by atoms with E-state index >= 15 is 0 Å². The quantitative estimate of drug-likeness (QED) is 0.134. The van der Waals surface area contributed by atoms with Gasteiger partial charge in [0, 0.05) is 0 Å². The minimum atomic E-state index is -6.09. The molecule has 0 N–H and O–H groups in total. The van der Waals surface area contributed by atoms with Crippen LogP contribution in [-0.4, -0.2) is 37.0 Å². The average Bonchev–Trinajstić information content (AvgIpc) is 2.97. The molecule has 4 aromatic carbocycles. The van der Waals surface area contributed by atoms with Gasteiger partial charge < -0.3 is 9.11 Å². The van der Waals surface area contributed by atoms with E-state index in [-0.39, 0.29) is 21.2 Å². The number of benzene rings is 4. The van der Waals surface area contributed by atoms with Gasteiger partial charge in [-0.05, 0) is 72.8 Å². The first kappa shape index (κ1) is 45.3. The molecule has 0 aromatic heterocycles. The molecule has 6 nitrogen and oxygen atoms in total. The fourth-order valence-electron chi connectivity index (χ4n) is 2.61. The van der Waals surface area contributed by atoms with Crippen LogP contribution in [0.5, 0.6) is 0 Å². The van der Waals surface area contributed by atoms with Crippen LogP contribution in [0.2, 0.25) is 0 Å². The predicted molar refractivity (Wildman–Crippen MR) is 142 cm³/mol. The first-order valence-corrected chi connectivity index (χ1v) is 19.5. The standard InChI is InChI=1S/C14H8F6I.C12H10I.2CHF3O3S/c15-13(16,17)9-1-5-11(6-2-9)21-12-7-3-10(4-8-12)14(18,19)20;1-3-7-11(8-4-1)13-12-9-5-2-6-10-12;2*2-1(3,4)8(5,6)7/h1-8H;1-10H;2*(H,5,6,7)/q2*+1;;/p-2. The maximum absolute atomic E-state index is 12.4. The van der Waals surface area contributed by atoms with Crippen molar-refractivity contribution in [1.82, 2.24) is 0 Å². The summed E-state index contributed by atoms with van der Waals surface area (Å²) in [6.07, 6.45) is -8.77. The lowest BCUT2D eigenvalue weighted by atomic mass is 10.2. The first-order chi connectivity index (χ1) is 22.6. The lowest BCUT2D eigenvalue weighted by Gasteiger charge is -2.08. The van der Waals surface area contributed by atoms with E-state index in [4.69, 9.17) is 25.9 Å². The van der Waals surface area contributed by atoms with Gasteiger partial charge in [-0.3, -0.25) is 0 Å². The van der Waals surface area contributed by atoms with E-state index in [9.17, 15) is 52.7 Å². The molecule has 4 rings (SSSR count). The molecule has 0 amide bonds. The number of rotatable bonds is 4. The zero-order chi connectivity index (χ0) is 38.6. The third-order valence-electron chi connectivity index (χ3n) is 4.81. The zero-order valence-corrected chi connectivity index (χ0v) is 29.9. The van der Waals surface area contributed by atoms with Crippen molar-refractivity contribution in [2.24, 2.45) is 0 Å². The molecule has 4 aromatic rings. The van der Waals surface area contributed by atoms with Crippen molar-refractivity contribution in [2.45, 2.75) is 23.4 Å². The molecular formula is C28H18F12I2O6S2. The summed E-state index contributed by atoms with van der Waals surface area (Å²) in [7, 11) is -12.2. The molecule has 0 bridgehead atoms. The Balaban J connectivity index is 0.000000368. The minimum Gasteiger partial charge on any atom is -0.741 e. The Kier molecular flexibility index (Phi) is 17.0. The Morgan fingerprint density at radius 3 is 0.760 bits per heavy atom. The fraction of sp³-hybridized carbons (Fsp3) is 0.143. The van der Waals surface area contributed by atoms with Crippen LogP contribution >= 0.6 is 0 Å². The van der Waals surface area contributed by atoms with Gasteiger partial charge in [-0.1, -0.05) is 36.4 Å². The van der Waals surface area contributed by atoms with E-state index in [2.05, 4.69) is 60.7 Å². The van der Waals surface area contributed by atoms with Gasteiger partial charge in [0.2, 0.25) is 0 Å². The molecule has 0 atom stereocenters. The van der Waals surface area contributed by atoms with E-state index < -0.39 is 75.9 Å². The molecule has 0 unspecified atom stereocenters. The molecule has 0 spiro atoms. The minimum absolute atomic E-state index is 0.0287. The Morgan fingerprint density at radius 2 is 0.580 bits per heavy atom. The van der Waals surface area contributed by atoms with Gasteiger partial charge in [0.25, 0.3) is 0 Å². The lowest BCUT2D eigenvalue weighted by molar-refractivity contribution is -0.597. The van der Waals surface area contributed by atoms with Gasteiger partial charge in [-0.2, -0.15) is 52.7 Å². The molecular weight excluding hydrogens is 978 g/mol. The molecule has 0 radical (unpaired) electrons. The molecule has 0 aliphatic carbocycles. The maximum Gasteiger partial charge on any atom is 0.485 e. The van der Waals surface area contributed by atoms with Gasteiger partial charge in [-0.25, -0.2) is 16.8 Å². The second-order valence-electron chi connectivity index (χ2n) is 8.59. The summed E-state index contributed by atoms with van der Waals surface area (Å²) >= 11 is -0.776. The Labute approximate surface area is 297 Å². The summed E-state index contributed by atoms with van der Waals surface area (Å²) in [5.74, 6) is 0. The third kappa shape index (κ3) is 17.5. The molecule has 0 aliphatic rings. The van der Waals surface area contributed by atoms with E-state index in [1.54, 1.807) is 0 Å². The van der Waals surface area contributed by atoms with Crippen LogP contribution in [0.4, 0.5) is 52.7 Å². The van der Waals surface area contributed by atoms with Crippen LogP contribution in [-0.2, 0) is 32.6 Å². The van der Waals surface area contributed by atoms with Crippen LogP contribution in [0.15, 0.2) is 109 Å². The molecule has 50 heavy (non-hydrogen) atoms. The molecule has 276 valence electrons. The largest absolute Gasteiger partial charge is 0.741 e. The van der Waals surface area contributed by atoms with E-state index in [1.807, 2.05) is 0 Å². The highest BCUT2D eigenvalue weighted by molar-refractivity contribution is 7.86. The van der Waals surface area contributed by atoms with E-state index in [0.29, 0.717) is 7.14 Å².